The molecule has 6 heteroatoms. The van der Waals surface area contributed by atoms with Gasteiger partial charge < -0.3 is 4.74 Å². The first-order chi connectivity index (χ1) is 9.88. The summed E-state index contributed by atoms with van der Waals surface area (Å²) in [5, 5.41) is 11.9. The van der Waals surface area contributed by atoms with Crippen molar-refractivity contribution in [3.8, 4) is 10.7 Å². The fourth-order valence-corrected chi connectivity index (χ4v) is 3.85. The Bertz CT molecular complexity index is 533. The summed E-state index contributed by atoms with van der Waals surface area (Å²) < 4.78 is 8.01. The van der Waals surface area contributed by atoms with E-state index >= 15 is 0 Å². The lowest BCUT2D eigenvalue weighted by Crippen LogP contribution is -2.16. The molecule has 3 heterocycles. The summed E-state index contributed by atoms with van der Waals surface area (Å²) in [6, 6.07) is 4.17. The van der Waals surface area contributed by atoms with Crippen LogP contribution < -0.4 is 0 Å². The Morgan fingerprint density at radius 3 is 3.15 bits per heavy atom. The van der Waals surface area contributed by atoms with Crippen LogP contribution in [0.5, 0.6) is 0 Å². The average Bonchev–Trinajstić information content (AvgIpc) is 3.19. The standard InChI is InChI=1S/C14H19N3OS2/c1-2-8-20-14-16-15-13(12-6-4-9-19-12)17(14)10-11-5-3-7-18-11/h4,6,9,11H,2-3,5,7-8,10H2,1H3. The van der Waals surface area contributed by atoms with E-state index in [4.69, 9.17) is 4.74 Å². The quantitative estimate of drug-likeness (QED) is 0.763. The molecule has 0 aromatic carbocycles. The third-order valence-corrected chi connectivity index (χ3v) is 5.34. The minimum Gasteiger partial charge on any atom is -0.376 e. The van der Waals surface area contributed by atoms with E-state index in [1.54, 1.807) is 23.1 Å². The molecular weight excluding hydrogens is 290 g/mol. The molecule has 108 valence electrons. The number of thiophene rings is 1. The van der Waals surface area contributed by atoms with Crippen LogP contribution in [0.3, 0.4) is 0 Å². The summed E-state index contributed by atoms with van der Waals surface area (Å²) in [6.45, 7) is 3.94. The zero-order valence-electron chi connectivity index (χ0n) is 11.6. The Balaban J connectivity index is 1.86. The van der Waals surface area contributed by atoms with Crippen LogP contribution in [0.1, 0.15) is 26.2 Å². The molecule has 0 spiro atoms. The Morgan fingerprint density at radius 1 is 1.50 bits per heavy atom. The Kier molecular flexibility index (Phi) is 4.75. The molecule has 1 aliphatic rings. The van der Waals surface area contributed by atoms with Gasteiger partial charge in [-0.25, -0.2) is 0 Å². The van der Waals surface area contributed by atoms with Crippen LogP contribution in [-0.2, 0) is 11.3 Å². The van der Waals surface area contributed by atoms with Gasteiger partial charge in [0.25, 0.3) is 0 Å². The van der Waals surface area contributed by atoms with Crippen LogP contribution in [0.25, 0.3) is 10.7 Å². The molecule has 1 unspecified atom stereocenters. The molecule has 1 aliphatic heterocycles. The number of thioether (sulfide) groups is 1. The zero-order valence-corrected chi connectivity index (χ0v) is 13.3. The normalized spacial score (nSPS) is 18.8. The second kappa shape index (κ2) is 6.74. The van der Waals surface area contributed by atoms with Crippen molar-refractivity contribution >= 4 is 23.1 Å². The van der Waals surface area contributed by atoms with Gasteiger partial charge in [-0.05, 0) is 30.7 Å². The highest BCUT2D eigenvalue weighted by molar-refractivity contribution is 7.99. The third kappa shape index (κ3) is 3.07. The second-order valence-corrected chi connectivity index (χ2v) is 6.89. The molecule has 1 saturated heterocycles. The van der Waals surface area contributed by atoms with Crippen molar-refractivity contribution in [2.45, 2.75) is 44.0 Å². The summed E-state index contributed by atoms with van der Waals surface area (Å²) in [6.07, 6.45) is 3.76. The smallest absolute Gasteiger partial charge is 0.191 e. The van der Waals surface area contributed by atoms with Gasteiger partial charge in [-0.3, -0.25) is 4.57 Å². The predicted octanol–water partition coefficient (Wildman–Crippen LogP) is 3.69. The van der Waals surface area contributed by atoms with Crippen molar-refractivity contribution < 1.29 is 4.74 Å². The van der Waals surface area contributed by atoms with E-state index in [0.717, 1.165) is 42.7 Å². The topological polar surface area (TPSA) is 39.9 Å². The van der Waals surface area contributed by atoms with E-state index in [1.807, 2.05) is 0 Å². The van der Waals surface area contributed by atoms with Gasteiger partial charge in [-0.1, -0.05) is 24.8 Å². The van der Waals surface area contributed by atoms with Crippen molar-refractivity contribution in [2.24, 2.45) is 0 Å². The lowest BCUT2D eigenvalue weighted by atomic mass is 10.2. The first-order valence-corrected chi connectivity index (χ1v) is 8.96. The highest BCUT2D eigenvalue weighted by Gasteiger charge is 2.21. The van der Waals surface area contributed by atoms with Crippen molar-refractivity contribution in [3.05, 3.63) is 17.5 Å². The van der Waals surface area contributed by atoms with Gasteiger partial charge in [0, 0.05) is 12.4 Å². The highest BCUT2D eigenvalue weighted by Crippen LogP contribution is 2.29. The van der Waals surface area contributed by atoms with Crippen LogP contribution in [0.15, 0.2) is 22.7 Å². The highest BCUT2D eigenvalue weighted by atomic mass is 32.2. The maximum Gasteiger partial charge on any atom is 0.191 e. The van der Waals surface area contributed by atoms with Crippen LogP contribution in [0.2, 0.25) is 0 Å². The Morgan fingerprint density at radius 2 is 2.45 bits per heavy atom. The molecule has 4 nitrogen and oxygen atoms in total. The lowest BCUT2D eigenvalue weighted by Gasteiger charge is -2.14. The van der Waals surface area contributed by atoms with E-state index < -0.39 is 0 Å². The molecule has 1 fully saturated rings. The molecule has 2 aromatic rings. The number of rotatable bonds is 6. The molecule has 20 heavy (non-hydrogen) atoms. The molecule has 3 rings (SSSR count). The zero-order chi connectivity index (χ0) is 13.8. The lowest BCUT2D eigenvalue weighted by molar-refractivity contribution is 0.0953. The fraction of sp³-hybridized carbons (Fsp3) is 0.571. The van der Waals surface area contributed by atoms with Gasteiger partial charge in [0.05, 0.1) is 17.5 Å². The van der Waals surface area contributed by atoms with E-state index in [-0.39, 0.29) is 0 Å². The largest absolute Gasteiger partial charge is 0.376 e. The Hall–Kier alpha value is -0.850. The van der Waals surface area contributed by atoms with Crippen molar-refractivity contribution in [2.75, 3.05) is 12.4 Å². The summed E-state index contributed by atoms with van der Waals surface area (Å²) in [5.74, 6) is 2.06. The molecule has 0 aliphatic carbocycles. The molecule has 0 bridgehead atoms. The SMILES string of the molecule is CCCSc1nnc(-c2cccs2)n1CC1CCCO1. The average molecular weight is 309 g/mol. The van der Waals surface area contributed by atoms with E-state index in [0.29, 0.717) is 6.10 Å². The monoisotopic (exact) mass is 309 g/mol. The van der Waals surface area contributed by atoms with Gasteiger partial charge >= 0.3 is 0 Å². The molecular formula is C14H19N3OS2. The van der Waals surface area contributed by atoms with Crippen molar-refractivity contribution in [1.29, 1.82) is 0 Å². The summed E-state index contributed by atoms with van der Waals surface area (Å²) >= 11 is 3.50. The van der Waals surface area contributed by atoms with Crippen LogP contribution in [0, 0.1) is 0 Å². The predicted molar refractivity (Wildman–Crippen MR) is 83.3 cm³/mol. The van der Waals surface area contributed by atoms with E-state index in [1.165, 1.54) is 11.3 Å². The van der Waals surface area contributed by atoms with Gasteiger partial charge in [0.15, 0.2) is 11.0 Å². The van der Waals surface area contributed by atoms with Gasteiger partial charge in [0.1, 0.15) is 0 Å². The number of hydrogen-bond donors (Lipinski definition) is 0. The summed E-state index contributed by atoms with van der Waals surface area (Å²) in [7, 11) is 0. The maximum absolute atomic E-state index is 5.78. The molecule has 0 radical (unpaired) electrons. The van der Waals surface area contributed by atoms with E-state index in [2.05, 4.69) is 39.2 Å². The molecule has 0 N–H and O–H groups in total. The van der Waals surface area contributed by atoms with Crippen LogP contribution in [0.4, 0.5) is 0 Å². The number of nitrogens with zero attached hydrogens (tertiary/aromatic N) is 3. The molecule has 0 amide bonds. The molecule has 0 saturated carbocycles. The second-order valence-electron chi connectivity index (χ2n) is 4.88. The molecule has 2 aromatic heterocycles. The fourth-order valence-electron chi connectivity index (χ4n) is 2.33. The van der Waals surface area contributed by atoms with Gasteiger partial charge in [0.2, 0.25) is 0 Å². The number of hydrogen-bond acceptors (Lipinski definition) is 5. The Labute approximate surface area is 127 Å². The number of ether oxygens (including phenoxy) is 1. The summed E-state index contributed by atoms with van der Waals surface area (Å²) in [4.78, 5) is 1.18. The summed E-state index contributed by atoms with van der Waals surface area (Å²) in [5.41, 5.74) is 0. The minimum atomic E-state index is 0.311. The van der Waals surface area contributed by atoms with Crippen molar-refractivity contribution in [1.82, 2.24) is 14.8 Å². The van der Waals surface area contributed by atoms with Crippen molar-refractivity contribution in [3.63, 3.8) is 0 Å². The molecule has 1 atom stereocenters. The third-order valence-electron chi connectivity index (χ3n) is 3.30. The van der Waals surface area contributed by atoms with Crippen LogP contribution in [-0.4, -0.2) is 33.2 Å². The first-order valence-electron chi connectivity index (χ1n) is 7.10. The maximum atomic E-state index is 5.78. The van der Waals surface area contributed by atoms with E-state index in [9.17, 15) is 0 Å². The number of aromatic nitrogens is 3. The van der Waals surface area contributed by atoms with Crippen LogP contribution >= 0.6 is 23.1 Å². The van der Waals surface area contributed by atoms with Gasteiger partial charge in [-0.2, -0.15) is 0 Å². The minimum absolute atomic E-state index is 0.311. The van der Waals surface area contributed by atoms with Gasteiger partial charge in [-0.15, -0.1) is 21.5 Å². The first kappa shape index (κ1) is 14.1.